The average molecular weight is 743 g/mol. The fourth-order valence-electron chi connectivity index (χ4n) is 7.80. The van der Waals surface area contributed by atoms with E-state index in [9.17, 15) is 35.9 Å². The minimum absolute atomic E-state index is 0.0439. The molecule has 1 aliphatic heterocycles. The van der Waals surface area contributed by atoms with E-state index in [1.807, 2.05) is 48.2 Å². The number of rotatable bonds is 5. The Kier molecular flexibility index (Phi) is 10.8. The van der Waals surface area contributed by atoms with Gasteiger partial charge in [-0.3, -0.25) is 9.59 Å². The summed E-state index contributed by atoms with van der Waals surface area (Å²) in [7, 11) is 1.72. The molecule has 0 bridgehead atoms. The second kappa shape index (κ2) is 15.0. The zero-order valence-electron chi connectivity index (χ0n) is 30.3. The van der Waals surface area contributed by atoms with E-state index in [-0.39, 0.29) is 23.9 Å². The summed E-state index contributed by atoms with van der Waals surface area (Å²) >= 11 is 0. The summed E-state index contributed by atoms with van der Waals surface area (Å²) in [6, 6.07) is 14.6. The van der Waals surface area contributed by atoms with E-state index < -0.39 is 23.7 Å². The molecule has 8 nitrogen and oxygen atoms in total. The number of likely N-dealkylation sites (tertiary alicyclic amines) is 1. The highest BCUT2D eigenvalue weighted by molar-refractivity contribution is 5.74. The van der Waals surface area contributed by atoms with Crippen molar-refractivity contribution in [2.24, 2.45) is 0 Å². The van der Waals surface area contributed by atoms with E-state index in [1.54, 1.807) is 31.0 Å². The highest BCUT2D eigenvalue weighted by atomic mass is 19.4. The fraction of sp³-hybridized carbons (Fsp3) is 0.487. The van der Waals surface area contributed by atoms with Gasteiger partial charge in [-0.15, -0.1) is 0 Å². The maximum absolute atomic E-state index is 13.4. The molecular formula is C39H44F6N6O2. The lowest BCUT2D eigenvalue weighted by molar-refractivity contribution is -0.142. The van der Waals surface area contributed by atoms with Crippen LogP contribution in [0.5, 0.6) is 0 Å². The van der Waals surface area contributed by atoms with Crippen LogP contribution in [0.3, 0.4) is 0 Å². The van der Waals surface area contributed by atoms with Gasteiger partial charge in [0.25, 0.3) is 0 Å². The van der Waals surface area contributed by atoms with Crippen molar-refractivity contribution >= 4 is 11.8 Å². The maximum atomic E-state index is 13.4. The first kappa shape index (κ1) is 38.1. The first-order valence-electron chi connectivity index (χ1n) is 18.1. The van der Waals surface area contributed by atoms with Crippen molar-refractivity contribution in [1.29, 1.82) is 0 Å². The van der Waals surface area contributed by atoms with E-state index >= 15 is 0 Å². The van der Waals surface area contributed by atoms with Gasteiger partial charge in [-0.2, -0.15) is 36.5 Å². The Morgan fingerprint density at radius 3 is 1.60 bits per heavy atom. The van der Waals surface area contributed by atoms with Gasteiger partial charge in [0.05, 0.1) is 23.5 Å². The molecule has 53 heavy (non-hydrogen) atoms. The maximum Gasteiger partial charge on any atom is 0.435 e. The van der Waals surface area contributed by atoms with Crippen LogP contribution < -0.4 is 0 Å². The minimum atomic E-state index is -4.44. The fourth-order valence-corrected chi connectivity index (χ4v) is 7.80. The SMILES string of the molecule is CC(=O)N(C)C(C)c1ccc(-n2nc(C(F)(F)F)c3c2CCCC3)cc1.CC(=O)N1CCCC1c1ccc(-n2nc(C(F)(F)F)c3c2CCCC3)cc1. The molecule has 2 aromatic carbocycles. The third kappa shape index (κ3) is 7.87. The highest BCUT2D eigenvalue weighted by Crippen LogP contribution is 2.39. The van der Waals surface area contributed by atoms with Crippen LogP contribution in [0, 0.1) is 0 Å². The number of nitrogens with zero attached hydrogens (tertiary/aromatic N) is 6. The summed E-state index contributed by atoms with van der Waals surface area (Å²) in [6.07, 6.45) is -1.66. The summed E-state index contributed by atoms with van der Waals surface area (Å²) in [5.74, 6) is 0.00934. The summed E-state index contributed by atoms with van der Waals surface area (Å²) in [4.78, 5) is 26.8. The first-order valence-corrected chi connectivity index (χ1v) is 18.1. The van der Waals surface area contributed by atoms with Crippen molar-refractivity contribution in [3.63, 3.8) is 0 Å². The molecule has 0 saturated carbocycles. The molecule has 2 amide bonds. The molecule has 2 aromatic heterocycles. The van der Waals surface area contributed by atoms with Crippen molar-refractivity contribution in [1.82, 2.24) is 29.4 Å². The molecule has 1 fully saturated rings. The number of benzene rings is 2. The lowest BCUT2D eigenvalue weighted by Gasteiger charge is -2.24. The van der Waals surface area contributed by atoms with E-state index in [0.29, 0.717) is 59.6 Å². The van der Waals surface area contributed by atoms with Crippen molar-refractivity contribution in [3.8, 4) is 11.4 Å². The van der Waals surface area contributed by atoms with Gasteiger partial charge in [0.15, 0.2) is 11.4 Å². The van der Waals surface area contributed by atoms with E-state index in [1.165, 1.54) is 16.3 Å². The van der Waals surface area contributed by atoms with Crippen molar-refractivity contribution in [2.75, 3.05) is 13.6 Å². The Bertz CT molecular complexity index is 1940. The van der Waals surface area contributed by atoms with Crippen molar-refractivity contribution in [2.45, 2.75) is 109 Å². The molecule has 3 aliphatic rings. The van der Waals surface area contributed by atoms with Crippen LogP contribution in [-0.4, -0.2) is 54.8 Å². The number of hydrogen-bond acceptors (Lipinski definition) is 4. The zero-order chi connectivity index (χ0) is 38.2. The Labute approximate surface area is 304 Å². The van der Waals surface area contributed by atoms with Crippen molar-refractivity contribution in [3.05, 3.63) is 93.6 Å². The van der Waals surface area contributed by atoms with Gasteiger partial charge < -0.3 is 9.80 Å². The number of amides is 2. The normalized spacial score (nSPS) is 17.8. The number of aromatic nitrogens is 4. The number of hydrogen-bond donors (Lipinski definition) is 0. The number of alkyl halides is 6. The minimum Gasteiger partial charge on any atom is -0.339 e. The van der Waals surface area contributed by atoms with Gasteiger partial charge in [-0.25, -0.2) is 9.36 Å². The molecule has 0 N–H and O–H groups in total. The van der Waals surface area contributed by atoms with E-state index in [4.69, 9.17) is 0 Å². The Morgan fingerprint density at radius 2 is 1.17 bits per heavy atom. The van der Waals surface area contributed by atoms with Crippen LogP contribution in [0.15, 0.2) is 48.5 Å². The van der Waals surface area contributed by atoms with Gasteiger partial charge in [0, 0.05) is 50.0 Å². The van der Waals surface area contributed by atoms with Gasteiger partial charge in [0.2, 0.25) is 11.8 Å². The lowest BCUT2D eigenvalue weighted by Crippen LogP contribution is -2.28. The smallest absolute Gasteiger partial charge is 0.339 e. The van der Waals surface area contributed by atoms with Crippen LogP contribution in [-0.2, 0) is 47.6 Å². The third-order valence-corrected chi connectivity index (χ3v) is 10.8. The molecule has 2 unspecified atom stereocenters. The summed E-state index contributed by atoms with van der Waals surface area (Å²) in [5, 5.41) is 7.83. The van der Waals surface area contributed by atoms with Gasteiger partial charge >= 0.3 is 12.4 Å². The molecule has 7 rings (SSSR count). The largest absolute Gasteiger partial charge is 0.435 e. The summed E-state index contributed by atoms with van der Waals surface area (Å²) in [5.41, 5.74) is 3.68. The molecule has 284 valence electrons. The number of fused-ring (bicyclic) bond motifs is 2. The predicted octanol–water partition coefficient (Wildman–Crippen LogP) is 8.76. The van der Waals surface area contributed by atoms with Crippen LogP contribution in [0.4, 0.5) is 26.3 Å². The van der Waals surface area contributed by atoms with Gasteiger partial charge in [-0.05, 0) is 107 Å². The van der Waals surface area contributed by atoms with Crippen LogP contribution >= 0.6 is 0 Å². The number of halogens is 6. The van der Waals surface area contributed by atoms with Crippen LogP contribution in [0.1, 0.15) is 116 Å². The highest BCUT2D eigenvalue weighted by Gasteiger charge is 2.41. The van der Waals surface area contributed by atoms with Crippen molar-refractivity contribution < 1.29 is 35.9 Å². The van der Waals surface area contributed by atoms with Gasteiger partial charge in [0.1, 0.15) is 0 Å². The van der Waals surface area contributed by atoms with E-state index in [2.05, 4.69) is 10.2 Å². The Hall–Kier alpha value is -4.62. The van der Waals surface area contributed by atoms with Crippen LogP contribution in [0.2, 0.25) is 0 Å². The second-order valence-corrected chi connectivity index (χ2v) is 14.1. The standard InChI is InChI=1S/C20H22F3N3O.C19H22F3N3O/c1-13(27)25-12-4-7-17(25)14-8-10-15(11-9-14)26-18-6-3-2-5-16(18)19(24-26)20(21,22)23;1-12(24(3)13(2)26)14-8-10-15(11-9-14)25-17-7-5-4-6-16(17)18(23-25)19(20,21)22/h8-11,17H,2-7,12H2,1H3;8-12H,4-7H2,1-3H3. The van der Waals surface area contributed by atoms with Crippen LogP contribution in [0.25, 0.3) is 11.4 Å². The number of carbonyl (C=O) groups excluding carboxylic acids is 2. The molecule has 1 saturated heterocycles. The molecular weight excluding hydrogens is 698 g/mol. The molecule has 0 radical (unpaired) electrons. The van der Waals surface area contributed by atoms with Gasteiger partial charge in [-0.1, -0.05) is 24.3 Å². The first-order chi connectivity index (χ1) is 25.1. The molecule has 0 spiro atoms. The average Bonchev–Trinajstić information content (AvgIpc) is 3.87. The zero-order valence-corrected chi connectivity index (χ0v) is 30.3. The topological polar surface area (TPSA) is 76.3 Å². The third-order valence-electron chi connectivity index (χ3n) is 10.8. The number of carbonyl (C=O) groups is 2. The monoisotopic (exact) mass is 742 g/mol. The second-order valence-electron chi connectivity index (χ2n) is 14.1. The molecule has 14 heteroatoms. The molecule has 3 heterocycles. The quantitative estimate of drug-likeness (QED) is 0.192. The molecule has 2 atom stereocenters. The molecule has 4 aromatic rings. The Balaban J connectivity index is 0.000000182. The summed E-state index contributed by atoms with van der Waals surface area (Å²) < 4.78 is 83.0. The summed E-state index contributed by atoms with van der Waals surface area (Å²) in [6.45, 7) is 5.73. The van der Waals surface area contributed by atoms with E-state index in [0.717, 1.165) is 56.2 Å². The molecule has 2 aliphatic carbocycles. The Morgan fingerprint density at radius 1 is 0.717 bits per heavy atom. The lowest BCUT2D eigenvalue weighted by atomic mass is 9.95. The predicted molar refractivity (Wildman–Crippen MR) is 187 cm³/mol.